The number of H-pyrrole nitrogens is 1. The quantitative estimate of drug-likeness (QED) is 0.651. The number of hydrogen-bond acceptors (Lipinski definition) is 4. The number of aromatic nitrogens is 3. The molecular weight excluding hydrogens is 156 g/mol. The van der Waals surface area contributed by atoms with Crippen molar-refractivity contribution in [1.82, 2.24) is 15.2 Å². The molecule has 0 aromatic carbocycles. The fraction of sp³-hybridized carbons (Fsp3) is 0.571. The highest BCUT2D eigenvalue weighted by molar-refractivity contribution is 5.39. The zero-order chi connectivity index (χ0) is 8.55. The summed E-state index contributed by atoms with van der Waals surface area (Å²) in [7, 11) is 0. The molecule has 1 saturated carbocycles. The summed E-state index contributed by atoms with van der Waals surface area (Å²) < 4.78 is 0. The first-order valence-electron chi connectivity index (χ1n) is 3.95. The minimum absolute atomic E-state index is 0.399. The first-order valence-corrected chi connectivity index (χ1v) is 3.95. The second-order valence-electron chi connectivity index (χ2n) is 2.99. The monoisotopic (exact) mass is 166 g/mol. The Hall–Kier alpha value is -1.39. The highest BCUT2D eigenvalue weighted by Crippen LogP contribution is 2.23. The lowest BCUT2D eigenvalue weighted by atomic mass is 10.4. The standard InChI is InChI=1S/C7H10N4O/c1-4-6(8-5-2-3-5)9-7(12)11-10-4/h5H,2-3H2,1H3,(H2,8,9,11,12). The molecule has 2 rings (SSSR count). The van der Waals surface area contributed by atoms with Gasteiger partial charge in [0.15, 0.2) is 5.82 Å². The summed E-state index contributed by atoms with van der Waals surface area (Å²) in [4.78, 5) is 14.5. The largest absolute Gasteiger partial charge is 0.366 e. The van der Waals surface area contributed by atoms with Crippen LogP contribution in [-0.4, -0.2) is 21.2 Å². The van der Waals surface area contributed by atoms with Gasteiger partial charge < -0.3 is 5.32 Å². The van der Waals surface area contributed by atoms with E-state index in [1.807, 2.05) is 6.92 Å². The van der Waals surface area contributed by atoms with Crippen molar-refractivity contribution < 1.29 is 0 Å². The number of aromatic amines is 1. The van der Waals surface area contributed by atoms with Gasteiger partial charge in [0, 0.05) is 6.04 Å². The Balaban J connectivity index is 2.27. The van der Waals surface area contributed by atoms with Gasteiger partial charge in [0.25, 0.3) is 0 Å². The van der Waals surface area contributed by atoms with E-state index in [1.165, 1.54) is 0 Å². The SMILES string of the molecule is Cc1n[nH]c(=O)nc1NC1CC1. The normalized spacial score (nSPS) is 16.1. The highest BCUT2D eigenvalue weighted by atomic mass is 16.1. The molecule has 2 N–H and O–H groups in total. The molecule has 64 valence electrons. The summed E-state index contributed by atoms with van der Waals surface area (Å²) in [5.74, 6) is 0.612. The molecule has 1 aromatic heterocycles. The van der Waals surface area contributed by atoms with Gasteiger partial charge in [-0.05, 0) is 19.8 Å². The lowest BCUT2D eigenvalue weighted by molar-refractivity contribution is 0.874. The molecule has 0 radical (unpaired) electrons. The van der Waals surface area contributed by atoms with Crippen molar-refractivity contribution in [1.29, 1.82) is 0 Å². The molecule has 1 aromatic rings. The Morgan fingerprint density at radius 1 is 1.58 bits per heavy atom. The van der Waals surface area contributed by atoms with Crippen molar-refractivity contribution in [2.24, 2.45) is 0 Å². The summed E-state index contributed by atoms with van der Waals surface area (Å²) in [6, 6.07) is 0.500. The molecule has 0 unspecified atom stereocenters. The number of hydrogen-bond donors (Lipinski definition) is 2. The molecular formula is C7H10N4O. The number of nitrogens with zero attached hydrogens (tertiary/aromatic N) is 2. The zero-order valence-corrected chi connectivity index (χ0v) is 6.79. The van der Waals surface area contributed by atoms with Crippen molar-refractivity contribution >= 4 is 5.82 Å². The van der Waals surface area contributed by atoms with Crippen LogP contribution in [0.3, 0.4) is 0 Å². The summed E-state index contributed by atoms with van der Waals surface area (Å²) in [6.45, 7) is 1.81. The maximum atomic E-state index is 10.8. The van der Waals surface area contributed by atoms with Crippen molar-refractivity contribution in [2.45, 2.75) is 25.8 Å². The summed E-state index contributed by atoms with van der Waals surface area (Å²) in [5.41, 5.74) is 0.338. The molecule has 0 aliphatic heterocycles. The van der Waals surface area contributed by atoms with E-state index in [-0.39, 0.29) is 0 Å². The third kappa shape index (κ3) is 1.44. The van der Waals surface area contributed by atoms with Crippen LogP contribution in [0.2, 0.25) is 0 Å². The van der Waals surface area contributed by atoms with Crippen LogP contribution >= 0.6 is 0 Å². The number of rotatable bonds is 2. The van der Waals surface area contributed by atoms with E-state index in [4.69, 9.17) is 0 Å². The van der Waals surface area contributed by atoms with Crippen LogP contribution in [-0.2, 0) is 0 Å². The molecule has 0 spiro atoms. The van der Waals surface area contributed by atoms with Crippen molar-refractivity contribution in [3.63, 3.8) is 0 Å². The third-order valence-electron chi connectivity index (χ3n) is 1.79. The molecule has 5 heteroatoms. The van der Waals surface area contributed by atoms with Crippen LogP contribution in [0.4, 0.5) is 5.82 Å². The zero-order valence-electron chi connectivity index (χ0n) is 6.79. The Labute approximate surface area is 69.2 Å². The maximum Gasteiger partial charge on any atom is 0.363 e. The van der Waals surface area contributed by atoms with E-state index >= 15 is 0 Å². The second-order valence-corrected chi connectivity index (χ2v) is 2.99. The minimum Gasteiger partial charge on any atom is -0.366 e. The topological polar surface area (TPSA) is 70.7 Å². The van der Waals surface area contributed by atoms with Gasteiger partial charge in [-0.2, -0.15) is 10.1 Å². The van der Waals surface area contributed by atoms with E-state index in [9.17, 15) is 4.79 Å². The average Bonchev–Trinajstić information content (AvgIpc) is 2.81. The van der Waals surface area contributed by atoms with Crippen molar-refractivity contribution in [3.8, 4) is 0 Å². The van der Waals surface area contributed by atoms with Crippen LogP contribution in [0.15, 0.2) is 4.79 Å². The molecule has 12 heavy (non-hydrogen) atoms. The van der Waals surface area contributed by atoms with E-state index in [1.54, 1.807) is 0 Å². The van der Waals surface area contributed by atoms with Crippen molar-refractivity contribution in [3.05, 3.63) is 16.2 Å². The van der Waals surface area contributed by atoms with E-state index in [0.717, 1.165) is 18.5 Å². The molecule has 5 nitrogen and oxygen atoms in total. The molecule has 0 bridgehead atoms. The summed E-state index contributed by atoms with van der Waals surface area (Å²) >= 11 is 0. The van der Waals surface area contributed by atoms with Gasteiger partial charge in [-0.15, -0.1) is 0 Å². The number of aryl methyl sites for hydroxylation is 1. The Kier molecular flexibility index (Phi) is 1.56. The lowest BCUT2D eigenvalue weighted by Crippen LogP contribution is -2.17. The lowest BCUT2D eigenvalue weighted by Gasteiger charge is -2.03. The molecule has 1 aliphatic rings. The van der Waals surface area contributed by atoms with Crippen LogP contribution in [0.5, 0.6) is 0 Å². The van der Waals surface area contributed by atoms with E-state index in [2.05, 4.69) is 20.5 Å². The molecule has 0 atom stereocenters. The number of anilines is 1. The third-order valence-corrected chi connectivity index (χ3v) is 1.79. The predicted molar refractivity (Wildman–Crippen MR) is 44.0 cm³/mol. The number of nitrogens with one attached hydrogen (secondary N) is 2. The average molecular weight is 166 g/mol. The van der Waals surface area contributed by atoms with Crippen molar-refractivity contribution in [2.75, 3.05) is 5.32 Å². The minimum atomic E-state index is -0.399. The van der Waals surface area contributed by atoms with E-state index in [0.29, 0.717) is 11.9 Å². The Morgan fingerprint density at radius 3 is 3.00 bits per heavy atom. The van der Waals surface area contributed by atoms with Gasteiger partial charge in [0.05, 0.1) is 0 Å². The summed E-state index contributed by atoms with van der Waals surface area (Å²) in [6.07, 6.45) is 2.32. The maximum absolute atomic E-state index is 10.8. The van der Waals surface area contributed by atoms with E-state index < -0.39 is 5.69 Å². The van der Waals surface area contributed by atoms with Crippen LogP contribution in [0.25, 0.3) is 0 Å². The fourth-order valence-corrected chi connectivity index (χ4v) is 0.950. The first kappa shape index (κ1) is 7.27. The highest BCUT2D eigenvalue weighted by Gasteiger charge is 2.22. The second kappa shape index (κ2) is 2.58. The molecule has 0 saturated heterocycles. The molecule has 1 heterocycles. The Bertz CT molecular complexity index is 342. The van der Waals surface area contributed by atoms with Gasteiger partial charge >= 0.3 is 5.69 Å². The predicted octanol–water partition coefficient (Wildman–Crippen LogP) is 0.0476. The van der Waals surface area contributed by atoms with Crippen LogP contribution in [0, 0.1) is 6.92 Å². The first-order chi connectivity index (χ1) is 5.75. The molecule has 1 aliphatic carbocycles. The van der Waals surface area contributed by atoms with Gasteiger partial charge in [0.1, 0.15) is 5.69 Å². The molecule has 1 fully saturated rings. The van der Waals surface area contributed by atoms with Gasteiger partial charge in [-0.3, -0.25) is 0 Å². The summed E-state index contributed by atoms with van der Waals surface area (Å²) in [5, 5.41) is 9.21. The van der Waals surface area contributed by atoms with Gasteiger partial charge in [-0.25, -0.2) is 9.89 Å². The Morgan fingerprint density at radius 2 is 2.33 bits per heavy atom. The van der Waals surface area contributed by atoms with Crippen LogP contribution < -0.4 is 11.0 Å². The smallest absolute Gasteiger partial charge is 0.363 e. The fourth-order valence-electron chi connectivity index (χ4n) is 0.950. The van der Waals surface area contributed by atoms with Gasteiger partial charge in [-0.1, -0.05) is 0 Å². The van der Waals surface area contributed by atoms with Gasteiger partial charge in [0.2, 0.25) is 0 Å². The molecule has 0 amide bonds. The van der Waals surface area contributed by atoms with Crippen LogP contribution in [0.1, 0.15) is 18.5 Å².